The summed E-state index contributed by atoms with van der Waals surface area (Å²) >= 11 is 0. The number of ether oxygens (including phenoxy) is 1. The molecule has 0 aromatic rings. The first kappa shape index (κ1) is 62.1. The number of aliphatic hydroxyl groups is 2. The van der Waals surface area contributed by atoms with E-state index in [1.807, 2.05) is 0 Å². The van der Waals surface area contributed by atoms with Crippen molar-refractivity contribution in [3.8, 4) is 0 Å². The Balaban J connectivity index is 4.60. The third kappa shape index (κ3) is 46.6. The summed E-state index contributed by atoms with van der Waals surface area (Å²) < 4.78 is 5.94. The maximum Gasteiger partial charge on any atom is 0.306 e. The summed E-state index contributed by atoms with van der Waals surface area (Å²) in [5.74, 6) is -0.493. The second-order valence-electron chi connectivity index (χ2n) is 19.4. The summed E-state index contributed by atoms with van der Waals surface area (Å²) in [5.41, 5.74) is 0. The molecule has 0 fully saturated rings. The highest BCUT2D eigenvalue weighted by Gasteiger charge is 2.24. The third-order valence-electron chi connectivity index (χ3n) is 13.0. The van der Waals surface area contributed by atoms with Crippen LogP contribution in [0.4, 0.5) is 0 Å². The smallest absolute Gasteiger partial charge is 0.306 e. The number of carbonyl (C=O) groups is 2. The molecule has 6 heteroatoms. The predicted octanol–water partition coefficient (Wildman–Crippen LogP) is 17.2. The van der Waals surface area contributed by atoms with Gasteiger partial charge in [-0.25, -0.2) is 0 Å². The number of aliphatic hydroxyl groups excluding tert-OH is 2. The molecule has 64 heavy (non-hydrogen) atoms. The van der Waals surface area contributed by atoms with Crippen LogP contribution in [-0.2, 0) is 14.3 Å². The number of hydrogen-bond acceptors (Lipinski definition) is 5. The number of amides is 1. The van der Waals surface area contributed by atoms with Crippen LogP contribution in [0.25, 0.3) is 0 Å². The summed E-state index contributed by atoms with van der Waals surface area (Å²) in [6.45, 7) is 6.49. The van der Waals surface area contributed by atoms with E-state index in [0.717, 1.165) is 70.6 Å². The predicted molar refractivity (Wildman–Crippen MR) is 278 cm³/mol. The molecular weight excluding hydrogens is 791 g/mol. The van der Waals surface area contributed by atoms with Crippen LogP contribution in [0.5, 0.6) is 0 Å². The van der Waals surface area contributed by atoms with Gasteiger partial charge >= 0.3 is 5.97 Å². The molecule has 3 N–H and O–H groups in total. The Hall–Kier alpha value is -1.92. The van der Waals surface area contributed by atoms with Crippen LogP contribution in [0.1, 0.15) is 297 Å². The van der Waals surface area contributed by atoms with Gasteiger partial charge in [-0.3, -0.25) is 9.59 Å². The van der Waals surface area contributed by atoms with Gasteiger partial charge in [-0.05, 0) is 77.0 Å². The average molecular weight is 901 g/mol. The second-order valence-corrected chi connectivity index (χ2v) is 19.4. The highest BCUT2D eigenvalue weighted by molar-refractivity contribution is 5.77. The molecular formula is C58H109NO5. The van der Waals surface area contributed by atoms with Gasteiger partial charge in [-0.2, -0.15) is 0 Å². The number of hydrogen-bond donors (Lipinski definition) is 3. The molecule has 0 aliphatic heterocycles. The lowest BCUT2D eigenvalue weighted by molar-refractivity contribution is -0.151. The number of esters is 1. The fraction of sp³-hybridized carbons (Fsp3) is 0.862. The monoisotopic (exact) mass is 900 g/mol. The number of nitrogens with one attached hydrogen (secondary N) is 1. The Bertz CT molecular complexity index is 1060. The van der Waals surface area contributed by atoms with Gasteiger partial charge in [-0.1, -0.05) is 243 Å². The summed E-state index contributed by atoms with van der Waals surface area (Å²) in [5, 5.41) is 23.8. The van der Waals surface area contributed by atoms with E-state index in [4.69, 9.17) is 4.74 Å². The molecule has 3 unspecified atom stereocenters. The molecule has 0 aromatic carbocycles. The zero-order valence-electron chi connectivity index (χ0n) is 42.9. The van der Waals surface area contributed by atoms with Gasteiger partial charge in [0.2, 0.25) is 5.91 Å². The normalized spacial score (nSPS) is 13.4. The van der Waals surface area contributed by atoms with E-state index in [2.05, 4.69) is 62.5 Å². The molecule has 0 spiro atoms. The first-order valence-electron chi connectivity index (χ1n) is 28.2. The molecule has 0 heterocycles. The van der Waals surface area contributed by atoms with E-state index in [9.17, 15) is 19.8 Å². The van der Waals surface area contributed by atoms with E-state index < -0.39 is 18.2 Å². The van der Waals surface area contributed by atoms with Crippen molar-refractivity contribution in [3.05, 3.63) is 36.5 Å². The van der Waals surface area contributed by atoms with Crippen molar-refractivity contribution in [2.75, 3.05) is 6.61 Å². The zero-order chi connectivity index (χ0) is 46.7. The largest absolute Gasteiger partial charge is 0.462 e. The van der Waals surface area contributed by atoms with Crippen LogP contribution in [0, 0.1) is 0 Å². The Labute approximate surface area is 398 Å². The Morgan fingerprint density at radius 2 is 0.797 bits per heavy atom. The molecule has 0 bridgehead atoms. The molecule has 0 radical (unpaired) electrons. The Morgan fingerprint density at radius 1 is 0.453 bits per heavy atom. The van der Waals surface area contributed by atoms with E-state index in [1.54, 1.807) is 0 Å². The summed E-state index contributed by atoms with van der Waals surface area (Å²) in [6, 6.07) is -0.709. The topological polar surface area (TPSA) is 95.9 Å². The molecule has 1 amide bonds. The third-order valence-corrected chi connectivity index (χ3v) is 13.0. The summed E-state index contributed by atoms with van der Waals surface area (Å²) in [4.78, 5) is 26.2. The molecule has 376 valence electrons. The fourth-order valence-corrected chi connectivity index (χ4v) is 8.65. The molecule has 6 nitrogen and oxygen atoms in total. The standard InChI is InChI=1S/C58H109NO5/c1-4-7-10-13-16-19-22-25-27-29-31-33-36-39-42-45-48-51-58(63)64-54(49-46-43-40-37-34-32-30-28-26-23-20-17-14-11-8-5-2)52-57(62)59-55(53-60)56(61)50-47-44-41-38-35-24-21-18-15-12-9-6-3/h25,27-28,30,32,34,54-56,60-61H,4-24,26,29,31,33,35-53H2,1-3H3,(H,59,62)/b27-25+,30-28+,34-32+. The van der Waals surface area contributed by atoms with Crippen molar-refractivity contribution in [1.29, 1.82) is 0 Å². The first-order valence-corrected chi connectivity index (χ1v) is 28.2. The van der Waals surface area contributed by atoms with Crippen molar-refractivity contribution in [1.82, 2.24) is 5.32 Å². The van der Waals surface area contributed by atoms with Crippen LogP contribution in [0.2, 0.25) is 0 Å². The lowest BCUT2D eigenvalue weighted by Crippen LogP contribution is -2.46. The van der Waals surface area contributed by atoms with Crippen LogP contribution in [0.15, 0.2) is 36.5 Å². The average Bonchev–Trinajstić information content (AvgIpc) is 3.29. The number of allylic oxidation sites excluding steroid dienone is 6. The first-order chi connectivity index (χ1) is 31.5. The maximum absolute atomic E-state index is 13.2. The highest BCUT2D eigenvalue weighted by atomic mass is 16.5. The Kier molecular flexibility index (Phi) is 50.5. The van der Waals surface area contributed by atoms with Crippen LogP contribution < -0.4 is 5.32 Å². The van der Waals surface area contributed by atoms with Crippen LogP contribution in [-0.4, -0.2) is 46.9 Å². The summed E-state index contributed by atoms with van der Waals surface area (Å²) in [6.07, 6.45) is 62.1. The second kappa shape index (κ2) is 52.1. The molecule has 3 atom stereocenters. The van der Waals surface area contributed by atoms with E-state index in [-0.39, 0.29) is 24.9 Å². The summed E-state index contributed by atoms with van der Waals surface area (Å²) in [7, 11) is 0. The molecule has 0 saturated heterocycles. The maximum atomic E-state index is 13.2. The quantitative estimate of drug-likeness (QED) is 0.0245. The van der Waals surface area contributed by atoms with Gasteiger partial charge in [0, 0.05) is 6.42 Å². The highest BCUT2D eigenvalue weighted by Crippen LogP contribution is 2.18. The van der Waals surface area contributed by atoms with Gasteiger partial charge in [-0.15, -0.1) is 0 Å². The molecule has 0 aliphatic rings. The van der Waals surface area contributed by atoms with Crippen LogP contribution >= 0.6 is 0 Å². The number of unbranched alkanes of at least 4 members (excludes halogenated alkanes) is 34. The molecule has 0 saturated carbocycles. The van der Waals surface area contributed by atoms with Gasteiger partial charge in [0.1, 0.15) is 6.10 Å². The van der Waals surface area contributed by atoms with E-state index >= 15 is 0 Å². The van der Waals surface area contributed by atoms with Gasteiger partial charge < -0.3 is 20.3 Å². The van der Waals surface area contributed by atoms with Crippen molar-refractivity contribution in [2.24, 2.45) is 0 Å². The minimum Gasteiger partial charge on any atom is -0.462 e. The van der Waals surface area contributed by atoms with Crippen molar-refractivity contribution in [3.63, 3.8) is 0 Å². The number of rotatable bonds is 51. The van der Waals surface area contributed by atoms with Crippen LogP contribution in [0.3, 0.4) is 0 Å². The van der Waals surface area contributed by atoms with Gasteiger partial charge in [0.25, 0.3) is 0 Å². The molecule has 0 rings (SSSR count). The van der Waals surface area contributed by atoms with Crippen molar-refractivity contribution < 1.29 is 24.5 Å². The molecule has 0 aliphatic carbocycles. The van der Waals surface area contributed by atoms with Crippen molar-refractivity contribution in [2.45, 2.75) is 315 Å². The minimum atomic E-state index is -0.794. The zero-order valence-corrected chi connectivity index (χ0v) is 42.9. The Morgan fingerprint density at radius 3 is 1.22 bits per heavy atom. The fourth-order valence-electron chi connectivity index (χ4n) is 8.65. The number of carbonyl (C=O) groups excluding carboxylic acids is 2. The SMILES string of the molecule is CCCCCCCC/C=C/CCCCCCCCCC(=O)OC(CCCCC/C=C/C=C/CCCCCCCCC)CC(=O)NC(CO)C(O)CCCCCCCCCCCCCC. The lowest BCUT2D eigenvalue weighted by Gasteiger charge is -2.24. The molecule has 0 aromatic heterocycles. The van der Waals surface area contributed by atoms with Crippen molar-refractivity contribution >= 4 is 11.9 Å². The minimum absolute atomic E-state index is 0.0608. The lowest BCUT2D eigenvalue weighted by atomic mass is 10.0. The van der Waals surface area contributed by atoms with E-state index in [1.165, 1.54) is 180 Å². The van der Waals surface area contributed by atoms with Gasteiger partial charge in [0.05, 0.1) is 25.2 Å². The van der Waals surface area contributed by atoms with Gasteiger partial charge in [0.15, 0.2) is 0 Å². The van der Waals surface area contributed by atoms with E-state index in [0.29, 0.717) is 19.3 Å².